The highest BCUT2D eigenvalue weighted by Crippen LogP contribution is 2.03. The molecule has 1 aliphatic carbocycles. The van der Waals surface area contributed by atoms with Crippen molar-refractivity contribution >= 4 is 5.71 Å². The highest BCUT2D eigenvalue weighted by Gasteiger charge is 2.03. The fourth-order valence-electron chi connectivity index (χ4n) is 0.645. The molecule has 1 heteroatoms. The molecule has 0 aromatic heterocycles. The predicted molar refractivity (Wildman–Crippen MR) is 34.9 cm³/mol. The van der Waals surface area contributed by atoms with Crippen molar-refractivity contribution in [3.05, 3.63) is 30.2 Å². The molecule has 0 unspecified atom stereocenters. The molecule has 40 valence electrons. The van der Waals surface area contributed by atoms with Gasteiger partial charge in [0.05, 0.1) is 24.1 Å². The van der Waals surface area contributed by atoms with E-state index in [4.69, 9.17) is 5.41 Å². The molecule has 0 heterocycles. The maximum Gasteiger partial charge on any atom is 0.165 e. The summed E-state index contributed by atoms with van der Waals surface area (Å²) < 4.78 is 0. The molecule has 0 radical (unpaired) electrons. The first-order valence-corrected chi connectivity index (χ1v) is 2.57. The highest BCUT2D eigenvalue weighted by atomic mass is 14.4. The lowest BCUT2D eigenvalue weighted by Gasteiger charge is -1.89. The number of hydrogen-bond donors (Lipinski definition) is 1. The van der Waals surface area contributed by atoms with Gasteiger partial charge in [0, 0.05) is 6.08 Å². The van der Waals surface area contributed by atoms with Crippen molar-refractivity contribution in [3.63, 3.8) is 0 Å². The Morgan fingerprint density at radius 1 is 1.62 bits per heavy atom. The van der Waals surface area contributed by atoms with Crippen LogP contribution in [0.4, 0.5) is 0 Å². The van der Waals surface area contributed by atoms with E-state index in [0.29, 0.717) is 5.71 Å². The van der Waals surface area contributed by atoms with E-state index in [0.717, 1.165) is 5.57 Å². The second kappa shape index (κ2) is 1.86. The zero-order valence-corrected chi connectivity index (χ0v) is 4.81. The topological polar surface area (TPSA) is 23.9 Å². The van der Waals surface area contributed by atoms with Crippen LogP contribution in [0.1, 0.15) is 6.92 Å². The largest absolute Gasteiger partial charge is 0.275 e. The van der Waals surface area contributed by atoms with E-state index in [-0.39, 0.29) is 0 Å². The minimum absolute atomic E-state index is 0.588. The SMILES string of the molecule is CC1=CC(=N)[CH+]C=C1. The molecule has 0 bridgehead atoms. The molecule has 0 saturated carbocycles. The average Bonchev–Trinajstić information content (AvgIpc) is 1.64. The van der Waals surface area contributed by atoms with Gasteiger partial charge < -0.3 is 0 Å². The minimum atomic E-state index is 0.588. The molecule has 8 heavy (non-hydrogen) atoms. The first-order chi connectivity index (χ1) is 3.79. The molecular weight excluding hydrogens is 98.1 g/mol. The maximum atomic E-state index is 7.14. The van der Waals surface area contributed by atoms with E-state index in [2.05, 4.69) is 0 Å². The maximum absolute atomic E-state index is 7.14. The Kier molecular flexibility index (Phi) is 1.20. The molecule has 0 fully saturated rings. The van der Waals surface area contributed by atoms with E-state index in [1.807, 2.05) is 25.2 Å². The first-order valence-electron chi connectivity index (χ1n) is 2.57. The molecule has 1 rings (SSSR count). The van der Waals surface area contributed by atoms with Crippen LogP contribution in [-0.2, 0) is 0 Å². The van der Waals surface area contributed by atoms with Gasteiger partial charge in [-0.1, -0.05) is 0 Å². The lowest BCUT2D eigenvalue weighted by Crippen LogP contribution is -1.94. The molecule has 0 saturated heterocycles. The Morgan fingerprint density at radius 2 is 2.38 bits per heavy atom. The van der Waals surface area contributed by atoms with Crippen LogP contribution in [0.2, 0.25) is 0 Å². The third kappa shape index (κ3) is 0.997. The zero-order valence-electron chi connectivity index (χ0n) is 4.81. The van der Waals surface area contributed by atoms with Gasteiger partial charge in [-0.05, 0) is 6.92 Å². The summed E-state index contributed by atoms with van der Waals surface area (Å²) in [6, 6.07) is 0. The minimum Gasteiger partial charge on any atom is -0.275 e. The number of hydrogen-bond acceptors (Lipinski definition) is 1. The fraction of sp³-hybridized carbons (Fsp3) is 0.143. The van der Waals surface area contributed by atoms with Crippen molar-refractivity contribution in [2.24, 2.45) is 0 Å². The number of nitrogens with one attached hydrogen (secondary N) is 1. The van der Waals surface area contributed by atoms with Crippen LogP contribution in [0.3, 0.4) is 0 Å². The quantitative estimate of drug-likeness (QED) is 0.455. The Bertz CT molecular complexity index is 163. The van der Waals surface area contributed by atoms with E-state index in [9.17, 15) is 0 Å². The molecule has 0 atom stereocenters. The lowest BCUT2D eigenvalue weighted by molar-refractivity contribution is 1.44. The summed E-state index contributed by atoms with van der Waals surface area (Å²) in [5, 5.41) is 7.14. The normalized spacial score (nSPS) is 17.6. The van der Waals surface area contributed by atoms with Gasteiger partial charge in [0.25, 0.3) is 0 Å². The van der Waals surface area contributed by atoms with Crippen molar-refractivity contribution in [1.29, 1.82) is 5.41 Å². The second-order valence-corrected chi connectivity index (χ2v) is 1.87. The molecule has 1 nitrogen and oxygen atoms in total. The van der Waals surface area contributed by atoms with Crippen molar-refractivity contribution in [2.45, 2.75) is 6.92 Å². The van der Waals surface area contributed by atoms with Crippen LogP contribution in [-0.4, -0.2) is 5.71 Å². The average molecular weight is 106 g/mol. The van der Waals surface area contributed by atoms with Gasteiger partial charge in [-0.3, -0.25) is 5.41 Å². The summed E-state index contributed by atoms with van der Waals surface area (Å²) in [7, 11) is 0. The van der Waals surface area contributed by atoms with Crippen LogP contribution < -0.4 is 0 Å². The van der Waals surface area contributed by atoms with E-state index >= 15 is 0 Å². The third-order valence-corrected chi connectivity index (χ3v) is 1.02. The zero-order chi connectivity index (χ0) is 5.98. The van der Waals surface area contributed by atoms with Gasteiger partial charge in [-0.15, -0.1) is 0 Å². The van der Waals surface area contributed by atoms with Gasteiger partial charge in [0.15, 0.2) is 5.71 Å². The van der Waals surface area contributed by atoms with Crippen LogP contribution in [0.25, 0.3) is 0 Å². The predicted octanol–water partition coefficient (Wildman–Crippen LogP) is 1.73. The smallest absolute Gasteiger partial charge is 0.165 e. The Balaban J connectivity index is 2.77. The Morgan fingerprint density at radius 3 is 2.75 bits per heavy atom. The van der Waals surface area contributed by atoms with Crippen molar-refractivity contribution in [3.8, 4) is 0 Å². The monoisotopic (exact) mass is 106 g/mol. The molecule has 0 aliphatic heterocycles. The Labute approximate surface area is 49.2 Å². The van der Waals surface area contributed by atoms with Gasteiger partial charge in [-0.25, -0.2) is 0 Å². The third-order valence-electron chi connectivity index (χ3n) is 1.02. The fourth-order valence-corrected chi connectivity index (χ4v) is 0.645. The van der Waals surface area contributed by atoms with Crippen LogP contribution >= 0.6 is 0 Å². The molecule has 0 aromatic rings. The summed E-state index contributed by atoms with van der Waals surface area (Å²) >= 11 is 0. The van der Waals surface area contributed by atoms with E-state index in [1.165, 1.54) is 0 Å². The molecular formula is C7H8N+. The Hall–Kier alpha value is -0.980. The first kappa shape index (κ1) is 5.16. The van der Waals surface area contributed by atoms with Crippen molar-refractivity contribution < 1.29 is 0 Å². The summed E-state index contributed by atoms with van der Waals surface area (Å²) in [5.41, 5.74) is 1.74. The van der Waals surface area contributed by atoms with Crippen LogP contribution in [0.5, 0.6) is 0 Å². The van der Waals surface area contributed by atoms with Gasteiger partial charge in [-0.2, -0.15) is 0 Å². The highest BCUT2D eigenvalue weighted by molar-refractivity contribution is 6.02. The molecule has 0 amide bonds. The summed E-state index contributed by atoms with van der Waals surface area (Å²) in [4.78, 5) is 0. The molecule has 0 spiro atoms. The van der Waals surface area contributed by atoms with Crippen LogP contribution in [0, 0.1) is 11.8 Å². The summed E-state index contributed by atoms with van der Waals surface area (Å²) in [6.07, 6.45) is 7.47. The lowest BCUT2D eigenvalue weighted by atomic mass is 10.1. The van der Waals surface area contributed by atoms with E-state index in [1.54, 1.807) is 6.42 Å². The molecule has 1 aliphatic rings. The van der Waals surface area contributed by atoms with Gasteiger partial charge in [0.1, 0.15) is 0 Å². The van der Waals surface area contributed by atoms with Crippen molar-refractivity contribution in [2.75, 3.05) is 0 Å². The van der Waals surface area contributed by atoms with Gasteiger partial charge >= 0.3 is 0 Å². The number of allylic oxidation sites excluding steroid dienone is 4. The standard InChI is InChI=1S/C7H8N/c1-6-3-2-4-7(8)5-6/h2-5,8H,1H3/q+1. The van der Waals surface area contributed by atoms with Gasteiger partial charge in [0.2, 0.25) is 0 Å². The summed E-state index contributed by atoms with van der Waals surface area (Å²) in [6.45, 7) is 1.98. The molecule has 0 aromatic carbocycles. The van der Waals surface area contributed by atoms with E-state index < -0.39 is 0 Å². The van der Waals surface area contributed by atoms with Crippen molar-refractivity contribution in [1.82, 2.24) is 0 Å². The molecule has 1 N–H and O–H groups in total. The summed E-state index contributed by atoms with van der Waals surface area (Å²) in [5.74, 6) is 0. The number of rotatable bonds is 0. The van der Waals surface area contributed by atoms with Crippen LogP contribution in [0.15, 0.2) is 23.8 Å². The second-order valence-electron chi connectivity index (χ2n) is 1.87.